The minimum atomic E-state index is 0.359. The van der Waals surface area contributed by atoms with Crippen molar-refractivity contribution in [3.8, 4) is 0 Å². The maximum atomic E-state index is 4.41. The van der Waals surface area contributed by atoms with Crippen LogP contribution in [0.15, 0.2) is 6.20 Å². The number of aryl methyl sites for hydroxylation is 1. The summed E-state index contributed by atoms with van der Waals surface area (Å²) in [5.74, 6) is 0.746. The maximum absolute atomic E-state index is 4.41. The van der Waals surface area contributed by atoms with Gasteiger partial charge in [0, 0.05) is 18.2 Å². The first kappa shape index (κ1) is 8.51. The van der Waals surface area contributed by atoms with Crippen molar-refractivity contribution < 1.29 is 0 Å². The summed E-state index contributed by atoms with van der Waals surface area (Å²) in [4.78, 5) is 0. The summed E-state index contributed by atoms with van der Waals surface area (Å²) in [6.45, 7) is 7.26. The highest BCUT2D eigenvalue weighted by molar-refractivity contribution is 5.44. The second-order valence-corrected chi connectivity index (χ2v) is 5.72. The molecule has 3 rings (SSSR count). The molecule has 2 aliphatic carbocycles. The third kappa shape index (κ3) is 0.626. The maximum Gasteiger partial charge on any atom is 0.0527 e. The van der Waals surface area contributed by atoms with Crippen molar-refractivity contribution in [3.63, 3.8) is 0 Å². The van der Waals surface area contributed by atoms with Crippen LogP contribution in [-0.4, -0.2) is 9.78 Å². The van der Waals surface area contributed by atoms with Gasteiger partial charge in [-0.15, -0.1) is 0 Å². The Kier molecular flexibility index (Phi) is 1.26. The first-order valence-corrected chi connectivity index (χ1v) is 5.51. The van der Waals surface area contributed by atoms with Gasteiger partial charge in [-0.05, 0) is 29.7 Å². The van der Waals surface area contributed by atoms with Crippen molar-refractivity contribution in [2.24, 2.45) is 12.5 Å². The Hall–Kier alpha value is -0.790. The number of aromatic nitrogens is 2. The zero-order valence-electron chi connectivity index (χ0n) is 9.46. The fraction of sp³-hybridized carbons (Fsp3) is 0.750. The molecule has 0 radical (unpaired) electrons. The second kappa shape index (κ2) is 2.07. The van der Waals surface area contributed by atoms with Gasteiger partial charge >= 0.3 is 0 Å². The fourth-order valence-corrected chi connectivity index (χ4v) is 3.85. The molecule has 0 saturated heterocycles. The van der Waals surface area contributed by atoms with Gasteiger partial charge < -0.3 is 0 Å². The summed E-state index contributed by atoms with van der Waals surface area (Å²) >= 11 is 0. The topological polar surface area (TPSA) is 17.8 Å². The van der Waals surface area contributed by atoms with Gasteiger partial charge in [-0.1, -0.05) is 20.8 Å². The van der Waals surface area contributed by atoms with E-state index < -0.39 is 0 Å². The highest BCUT2D eigenvalue weighted by Gasteiger charge is 2.61. The molecule has 1 heterocycles. The molecular weight excluding hydrogens is 172 g/mol. The van der Waals surface area contributed by atoms with E-state index in [0.717, 1.165) is 5.92 Å². The summed E-state index contributed by atoms with van der Waals surface area (Å²) in [7, 11) is 2.08. The van der Waals surface area contributed by atoms with Crippen LogP contribution in [0.4, 0.5) is 0 Å². The molecule has 1 saturated carbocycles. The Balaban J connectivity index is 2.32. The quantitative estimate of drug-likeness (QED) is 0.615. The number of nitrogens with zero attached hydrogens (tertiary/aromatic N) is 2. The van der Waals surface area contributed by atoms with E-state index in [1.165, 1.54) is 24.1 Å². The number of hydrogen-bond acceptors (Lipinski definition) is 1. The molecule has 14 heavy (non-hydrogen) atoms. The lowest BCUT2D eigenvalue weighted by atomic mass is 9.70. The van der Waals surface area contributed by atoms with E-state index >= 15 is 0 Å². The zero-order chi connectivity index (χ0) is 10.1. The normalized spacial score (nSPS) is 37.6. The predicted molar refractivity (Wildman–Crippen MR) is 56.3 cm³/mol. The van der Waals surface area contributed by atoms with E-state index in [4.69, 9.17) is 0 Å². The van der Waals surface area contributed by atoms with Gasteiger partial charge in [-0.2, -0.15) is 5.10 Å². The Morgan fingerprint density at radius 3 is 2.79 bits per heavy atom. The Morgan fingerprint density at radius 2 is 2.14 bits per heavy atom. The molecular formula is C12H18N2. The Bertz CT molecular complexity index is 402. The Morgan fingerprint density at radius 1 is 1.43 bits per heavy atom. The lowest BCUT2D eigenvalue weighted by Crippen LogP contribution is -2.33. The highest BCUT2D eigenvalue weighted by Crippen LogP contribution is 2.67. The molecule has 1 fully saturated rings. The average Bonchev–Trinajstić information content (AvgIpc) is 2.62. The SMILES string of the molecule is Cn1ncc2c1[C@@]1(C)CC[C@@H]2C1(C)C. The van der Waals surface area contributed by atoms with Crippen molar-refractivity contribution in [1.29, 1.82) is 0 Å². The van der Waals surface area contributed by atoms with Gasteiger partial charge in [0.05, 0.1) is 6.20 Å². The molecule has 0 unspecified atom stereocenters. The third-order valence-electron chi connectivity index (χ3n) is 5.09. The second-order valence-electron chi connectivity index (χ2n) is 5.72. The van der Waals surface area contributed by atoms with E-state index in [-0.39, 0.29) is 0 Å². The van der Waals surface area contributed by atoms with E-state index in [1.807, 2.05) is 0 Å². The summed E-state index contributed by atoms with van der Waals surface area (Å²) in [5, 5.41) is 4.41. The van der Waals surface area contributed by atoms with Crippen LogP contribution >= 0.6 is 0 Å². The third-order valence-corrected chi connectivity index (χ3v) is 5.09. The molecule has 0 N–H and O–H groups in total. The van der Waals surface area contributed by atoms with Crippen LogP contribution in [-0.2, 0) is 12.5 Å². The lowest BCUT2D eigenvalue weighted by Gasteiger charge is -2.35. The average molecular weight is 190 g/mol. The van der Waals surface area contributed by atoms with Crippen LogP contribution in [0.5, 0.6) is 0 Å². The standard InChI is InChI=1S/C12H18N2/c1-11(2)9-5-6-12(11,3)10-8(9)7-13-14(10)4/h7,9H,5-6H2,1-4H3/t9-,12+/m0/s1. The van der Waals surface area contributed by atoms with Gasteiger partial charge in [0.25, 0.3) is 0 Å². The first-order valence-electron chi connectivity index (χ1n) is 5.51. The van der Waals surface area contributed by atoms with Crippen LogP contribution in [0.2, 0.25) is 0 Å². The molecule has 0 spiro atoms. The van der Waals surface area contributed by atoms with Gasteiger partial charge in [0.1, 0.15) is 0 Å². The van der Waals surface area contributed by atoms with E-state index in [1.54, 1.807) is 0 Å². The minimum Gasteiger partial charge on any atom is -0.272 e. The van der Waals surface area contributed by atoms with Crippen LogP contribution in [0.1, 0.15) is 50.8 Å². The molecule has 2 bridgehead atoms. The van der Waals surface area contributed by atoms with Crippen LogP contribution in [0.25, 0.3) is 0 Å². The molecule has 0 amide bonds. The van der Waals surface area contributed by atoms with Crippen LogP contribution < -0.4 is 0 Å². The first-order chi connectivity index (χ1) is 6.48. The molecule has 1 aromatic rings. The van der Waals surface area contributed by atoms with E-state index in [9.17, 15) is 0 Å². The molecule has 2 heteroatoms. The molecule has 2 atom stereocenters. The summed E-state index contributed by atoms with van der Waals surface area (Å²) in [6, 6.07) is 0. The van der Waals surface area contributed by atoms with Crippen LogP contribution in [0.3, 0.4) is 0 Å². The van der Waals surface area contributed by atoms with Gasteiger partial charge in [-0.25, -0.2) is 0 Å². The molecule has 0 aromatic carbocycles. The van der Waals surface area contributed by atoms with Crippen molar-refractivity contribution in [3.05, 3.63) is 17.5 Å². The van der Waals surface area contributed by atoms with Gasteiger partial charge in [-0.3, -0.25) is 4.68 Å². The molecule has 2 aliphatic rings. The van der Waals surface area contributed by atoms with Crippen molar-refractivity contribution in [1.82, 2.24) is 9.78 Å². The van der Waals surface area contributed by atoms with Gasteiger partial charge in [0.15, 0.2) is 0 Å². The van der Waals surface area contributed by atoms with Crippen molar-refractivity contribution in [2.75, 3.05) is 0 Å². The number of hydrogen-bond donors (Lipinski definition) is 0. The lowest BCUT2D eigenvalue weighted by molar-refractivity contribution is 0.220. The monoisotopic (exact) mass is 190 g/mol. The molecule has 0 aliphatic heterocycles. The van der Waals surface area contributed by atoms with Crippen LogP contribution in [0, 0.1) is 5.41 Å². The largest absolute Gasteiger partial charge is 0.272 e. The highest BCUT2D eigenvalue weighted by atomic mass is 15.3. The fourth-order valence-electron chi connectivity index (χ4n) is 3.85. The zero-order valence-corrected chi connectivity index (χ0v) is 9.46. The van der Waals surface area contributed by atoms with Crippen molar-refractivity contribution in [2.45, 2.75) is 44.9 Å². The smallest absolute Gasteiger partial charge is 0.0527 e. The summed E-state index contributed by atoms with van der Waals surface area (Å²) < 4.78 is 2.09. The molecule has 2 nitrogen and oxygen atoms in total. The number of rotatable bonds is 0. The predicted octanol–water partition coefficient (Wildman–Crippen LogP) is 2.60. The number of fused-ring (bicyclic) bond motifs is 5. The molecule has 76 valence electrons. The minimum absolute atomic E-state index is 0.359. The summed E-state index contributed by atoms with van der Waals surface area (Å²) in [5.41, 5.74) is 3.81. The summed E-state index contributed by atoms with van der Waals surface area (Å²) in [6.07, 6.45) is 4.77. The van der Waals surface area contributed by atoms with E-state index in [0.29, 0.717) is 10.8 Å². The molecule has 1 aromatic heterocycles. The van der Waals surface area contributed by atoms with Crippen molar-refractivity contribution >= 4 is 0 Å². The van der Waals surface area contributed by atoms with E-state index in [2.05, 4.69) is 43.8 Å². The van der Waals surface area contributed by atoms with Gasteiger partial charge in [0.2, 0.25) is 0 Å². The Labute approximate surface area is 85.3 Å².